The molecule has 1 saturated carbocycles. The lowest BCUT2D eigenvalue weighted by atomic mass is 10.1. The molecule has 0 aromatic heterocycles. The first-order valence-electron chi connectivity index (χ1n) is 4.78. The third-order valence-corrected chi connectivity index (χ3v) is 2.43. The Morgan fingerprint density at radius 1 is 1.38 bits per heavy atom. The molecule has 13 heavy (non-hydrogen) atoms. The second kappa shape index (κ2) is 3.46. The molecule has 1 N–H and O–H groups in total. The van der Waals surface area contributed by atoms with E-state index >= 15 is 0 Å². The molecule has 1 fully saturated rings. The minimum absolute atomic E-state index is 0.108. The summed E-state index contributed by atoms with van der Waals surface area (Å²) in [5.41, 5.74) is 0.773. The Balaban J connectivity index is 2.09. The van der Waals surface area contributed by atoms with E-state index in [1.807, 2.05) is 19.1 Å². The van der Waals surface area contributed by atoms with Crippen LogP contribution >= 0.6 is 0 Å². The van der Waals surface area contributed by atoms with Gasteiger partial charge in [-0.3, -0.25) is 0 Å². The Kier molecular flexibility index (Phi) is 2.32. The van der Waals surface area contributed by atoms with Crippen LogP contribution in [0.4, 0.5) is 4.39 Å². The fraction of sp³-hybridized carbons (Fsp3) is 0.455. The molecule has 1 aliphatic carbocycles. The summed E-state index contributed by atoms with van der Waals surface area (Å²) in [6.45, 7) is 2.01. The van der Waals surface area contributed by atoms with Gasteiger partial charge in [-0.15, -0.1) is 0 Å². The lowest BCUT2D eigenvalue weighted by Crippen LogP contribution is -2.21. The van der Waals surface area contributed by atoms with Gasteiger partial charge in [-0.25, -0.2) is 4.39 Å². The number of hydrogen-bond donors (Lipinski definition) is 1. The van der Waals surface area contributed by atoms with Crippen LogP contribution in [0.5, 0.6) is 0 Å². The van der Waals surface area contributed by atoms with Gasteiger partial charge in [0.2, 0.25) is 0 Å². The minimum Gasteiger partial charge on any atom is -0.307 e. The predicted molar refractivity (Wildman–Crippen MR) is 51.0 cm³/mol. The average molecular weight is 179 g/mol. The van der Waals surface area contributed by atoms with Crippen LogP contribution in [0.1, 0.15) is 31.4 Å². The first-order chi connectivity index (χ1) is 6.27. The molecular formula is C11H14FN. The van der Waals surface area contributed by atoms with Crippen molar-refractivity contribution in [1.29, 1.82) is 0 Å². The highest BCUT2D eigenvalue weighted by Gasteiger charge is 2.23. The number of halogens is 1. The van der Waals surface area contributed by atoms with Crippen molar-refractivity contribution in [2.45, 2.75) is 31.8 Å². The molecule has 1 aromatic rings. The number of nitrogens with one attached hydrogen (secondary N) is 1. The molecule has 70 valence electrons. The lowest BCUT2D eigenvalue weighted by Gasteiger charge is -2.13. The molecule has 1 aliphatic rings. The number of rotatable bonds is 3. The SMILES string of the molecule is CC(NC1CC1)c1ccccc1F. The van der Waals surface area contributed by atoms with Crippen LogP contribution < -0.4 is 5.32 Å². The van der Waals surface area contributed by atoms with Crippen molar-refractivity contribution >= 4 is 0 Å². The van der Waals surface area contributed by atoms with Crippen LogP contribution in [0.2, 0.25) is 0 Å². The van der Waals surface area contributed by atoms with E-state index in [0.29, 0.717) is 6.04 Å². The molecule has 2 heteroatoms. The molecule has 0 heterocycles. The largest absolute Gasteiger partial charge is 0.307 e. The fourth-order valence-electron chi connectivity index (χ4n) is 1.52. The standard InChI is InChI=1S/C11H14FN/c1-8(13-9-6-7-9)10-4-2-3-5-11(10)12/h2-5,8-9,13H,6-7H2,1H3. The van der Waals surface area contributed by atoms with Crippen molar-refractivity contribution < 1.29 is 4.39 Å². The van der Waals surface area contributed by atoms with Crippen molar-refractivity contribution in [2.24, 2.45) is 0 Å². The molecule has 0 spiro atoms. The highest BCUT2D eigenvalue weighted by atomic mass is 19.1. The molecule has 2 rings (SSSR count). The lowest BCUT2D eigenvalue weighted by molar-refractivity contribution is 0.526. The van der Waals surface area contributed by atoms with Crippen LogP contribution in [0.25, 0.3) is 0 Å². The van der Waals surface area contributed by atoms with Gasteiger partial charge >= 0.3 is 0 Å². The minimum atomic E-state index is -0.108. The summed E-state index contributed by atoms with van der Waals surface area (Å²) in [5, 5.41) is 3.37. The molecular weight excluding hydrogens is 165 g/mol. The van der Waals surface area contributed by atoms with Gasteiger partial charge in [-0.05, 0) is 25.8 Å². The van der Waals surface area contributed by atoms with Crippen molar-refractivity contribution in [3.8, 4) is 0 Å². The van der Waals surface area contributed by atoms with Crippen LogP contribution in [0.15, 0.2) is 24.3 Å². The summed E-state index contributed by atoms with van der Waals surface area (Å²) >= 11 is 0. The van der Waals surface area contributed by atoms with E-state index in [4.69, 9.17) is 0 Å². The summed E-state index contributed by atoms with van der Waals surface area (Å²) in [7, 11) is 0. The zero-order valence-corrected chi connectivity index (χ0v) is 7.76. The van der Waals surface area contributed by atoms with Gasteiger partial charge in [-0.1, -0.05) is 18.2 Å². The van der Waals surface area contributed by atoms with E-state index in [1.54, 1.807) is 6.07 Å². The van der Waals surface area contributed by atoms with Gasteiger partial charge in [0.25, 0.3) is 0 Å². The Morgan fingerprint density at radius 2 is 2.08 bits per heavy atom. The van der Waals surface area contributed by atoms with Gasteiger partial charge in [-0.2, -0.15) is 0 Å². The Labute approximate surface area is 78.0 Å². The Morgan fingerprint density at radius 3 is 2.69 bits per heavy atom. The first-order valence-corrected chi connectivity index (χ1v) is 4.78. The van der Waals surface area contributed by atoms with Crippen molar-refractivity contribution in [1.82, 2.24) is 5.32 Å². The van der Waals surface area contributed by atoms with E-state index in [2.05, 4.69) is 5.32 Å². The third-order valence-electron chi connectivity index (χ3n) is 2.43. The summed E-state index contributed by atoms with van der Waals surface area (Å²) in [4.78, 5) is 0. The summed E-state index contributed by atoms with van der Waals surface area (Å²) < 4.78 is 13.3. The molecule has 0 aliphatic heterocycles. The van der Waals surface area contributed by atoms with Crippen molar-refractivity contribution in [2.75, 3.05) is 0 Å². The van der Waals surface area contributed by atoms with E-state index in [1.165, 1.54) is 18.9 Å². The van der Waals surface area contributed by atoms with E-state index in [0.717, 1.165) is 5.56 Å². The van der Waals surface area contributed by atoms with Crippen LogP contribution in [0.3, 0.4) is 0 Å². The highest BCUT2D eigenvalue weighted by molar-refractivity contribution is 5.20. The van der Waals surface area contributed by atoms with Gasteiger partial charge in [0.05, 0.1) is 0 Å². The highest BCUT2D eigenvalue weighted by Crippen LogP contribution is 2.24. The molecule has 0 bridgehead atoms. The maximum Gasteiger partial charge on any atom is 0.127 e. The Hall–Kier alpha value is -0.890. The van der Waals surface area contributed by atoms with Gasteiger partial charge < -0.3 is 5.32 Å². The van der Waals surface area contributed by atoms with Gasteiger partial charge in [0.1, 0.15) is 5.82 Å². The maximum atomic E-state index is 13.3. The predicted octanol–water partition coefficient (Wildman–Crippen LogP) is 2.64. The van der Waals surface area contributed by atoms with Crippen LogP contribution in [0, 0.1) is 5.82 Å². The number of hydrogen-bond acceptors (Lipinski definition) is 1. The second-order valence-corrected chi connectivity index (χ2v) is 3.68. The van der Waals surface area contributed by atoms with E-state index in [9.17, 15) is 4.39 Å². The molecule has 1 unspecified atom stereocenters. The van der Waals surface area contributed by atoms with Gasteiger partial charge in [0.15, 0.2) is 0 Å². The zero-order valence-electron chi connectivity index (χ0n) is 7.76. The molecule has 0 saturated heterocycles. The molecule has 1 aromatic carbocycles. The fourth-order valence-corrected chi connectivity index (χ4v) is 1.52. The zero-order chi connectivity index (χ0) is 9.26. The monoisotopic (exact) mass is 179 g/mol. The van der Waals surface area contributed by atoms with E-state index in [-0.39, 0.29) is 11.9 Å². The smallest absolute Gasteiger partial charge is 0.127 e. The molecule has 1 nitrogen and oxygen atoms in total. The topological polar surface area (TPSA) is 12.0 Å². The normalized spacial score (nSPS) is 18.6. The van der Waals surface area contributed by atoms with Crippen molar-refractivity contribution in [3.05, 3.63) is 35.6 Å². The van der Waals surface area contributed by atoms with Crippen LogP contribution in [-0.4, -0.2) is 6.04 Å². The Bertz CT molecular complexity index is 294. The van der Waals surface area contributed by atoms with Crippen molar-refractivity contribution in [3.63, 3.8) is 0 Å². The first kappa shape index (κ1) is 8.70. The summed E-state index contributed by atoms with van der Waals surface area (Å²) in [6, 6.07) is 7.71. The van der Waals surface area contributed by atoms with Crippen LogP contribution in [-0.2, 0) is 0 Å². The third kappa shape index (κ3) is 2.07. The number of benzene rings is 1. The second-order valence-electron chi connectivity index (χ2n) is 3.68. The summed E-state index contributed by atoms with van der Waals surface area (Å²) in [5.74, 6) is -0.108. The summed E-state index contributed by atoms with van der Waals surface area (Å²) in [6.07, 6.45) is 2.47. The van der Waals surface area contributed by atoms with E-state index < -0.39 is 0 Å². The molecule has 0 radical (unpaired) electrons. The molecule has 1 atom stereocenters. The average Bonchev–Trinajstić information content (AvgIpc) is 2.89. The quantitative estimate of drug-likeness (QED) is 0.752. The molecule has 0 amide bonds. The maximum absolute atomic E-state index is 13.3. The van der Waals surface area contributed by atoms with Gasteiger partial charge in [0, 0.05) is 17.6 Å².